The van der Waals surface area contributed by atoms with Crippen molar-refractivity contribution < 1.29 is 0 Å². The SMILES string of the molecule is Brc1ccccc1NCc1ccc(N2CCCC2)cc1. The fourth-order valence-electron chi connectivity index (χ4n) is 2.60. The lowest BCUT2D eigenvalue weighted by Crippen LogP contribution is -2.17. The van der Waals surface area contributed by atoms with Crippen LogP contribution in [0.4, 0.5) is 11.4 Å². The standard InChI is InChI=1S/C17H19BrN2/c18-16-5-1-2-6-17(16)19-13-14-7-9-15(10-8-14)20-11-3-4-12-20/h1-2,5-10,19H,3-4,11-13H2. The highest BCUT2D eigenvalue weighted by atomic mass is 79.9. The van der Waals surface area contributed by atoms with Crippen LogP contribution in [0.3, 0.4) is 0 Å². The molecule has 2 nitrogen and oxygen atoms in total. The summed E-state index contributed by atoms with van der Waals surface area (Å²) < 4.78 is 1.11. The van der Waals surface area contributed by atoms with E-state index < -0.39 is 0 Å². The van der Waals surface area contributed by atoms with E-state index in [4.69, 9.17) is 0 Å². The molecule has 0 unspecified atom stereocenters. The van der Waals surface area contributed by atoms with Gasteiger partial charge >= 0.3 is 0 Å². The van der Waals surface area contributed by atoms with Gasteiger partial charge in [-0.1, -0.05) is 24.3 Å². The molecule has 2 aromatic rings. The van der Waals surface area contributed by atoms with E-state index in [2.05, 4.69) is 62.5 Å². The van der Waals surface area contributed by atoms with Gasteiger partial charge in [-0.3, -0.25) is 0 Å². The fraction of sp³-hybridized carbons (Fsp3) is 0.294. The molecule has 20 heavy (non-hydrogen) atoms. The average molecular weight is 331 g/mol. The zero-order chi connectivity index (χ0) is 13.8. The van der Waals surface area contributed by atoms with Crippen LogP contribution >= 0.6 is 15.9 Å². The summed E-state index contributed by atoms with van der Waals surface area (Å²) >= 11 is 3.56. The number of hydrogen-bond donors (Lipinski definition) is 1. The van der Waals surface area contributed by atoms with Crippen LogP contribution in [0, 0.1) is 0 Å². The van der Waals surface area contributed by atoms with Crippen LogP contribution in [0.5, 0.6) is 0 Å². The number of nitrogens with one attached hydrogen (secondary N) is 1. The lowest BCUT2D eigenvalue weighted by Gasteiger charge is -2.18. The maximum Gasteiger partial charge on any atom is 0.0487 e. The van der Waals surface area contributed by atoms with Gasteiger partial charge < -0.3 is 10.2 Å². The minimum absolute atomic E-state index is 0.850. The van der Waals surface area contributed by atoms with Crippen LogP contribution in [0.15, 0.2) is 53.0 Å². The van der Waals surface area contributed by atoms with Gasteiger partial charge in [-0.15, -0.1) is 0 Å². The number of halogens is 1. The van der Waals surface area contributed by atoms with Crippen LogP contribution in [0.1, 0.15) is 18.4 Å². The average Bonchev–Trinajstić information content (AvgIpc) is 3.01. The van der Waals surface area contributed by atoms with E-state index in [1.807, 2.05) is 12.1 Å². The second kappa shape index (κ2) is 6.31. The minimum atomic E-state index is 0.850. The van der Waals surface area contributed by atoms with Crippen molar-refractivity contribution in [3.63, 3.8) is 0 Å². The molecule has 0 spiro atoms. The predicted molar refractivity (Wildman–Crippen MR) is 89.4 cm³/mol. The third kappa shape index (κ3) is 3.15. The summed E-state index contributed by atoms with van der Waals surface area (Å²) in [5.74, 6) is 0. The minimum Gasteiger partial charge on any atom is -0.380 e. The molecule has 1 fully saturated rings. The zero-order valence-corrected chi connectivity index (χ0v) is 13.1. The van der Waals surface area contributed by atoms with Crippen LogP contribution in [-0.4, -0.2) is 13.1 Å². The summed E-state index contributed by atoms with van der Waals surface area (Å²) in [6, 6.07) is 17.1. The highest BCUT2D eigenvalue weighted by Gasteiger charge is 2.11. The van der Waals surface area contributed by atoms with Crippen molar-refractivity contribution in [2.24, 2.45) is 0 Å². The molecule has 1 saturated heterocycles. The maximum absolute atomic E-state index is 3.56. The van der Waals surface area contributed by atoms with Crippen LogP contribution in [0.2, 0.25) is 0 Å². The van der Waals surface area contributed by atoms with Crippen LogP contribution < -0.4 is 10.2 Å². The number of nitrogens with zero attached hydrogens (tertiary/aromatic N) is 1. The summed E-state index contributed by atoms with van der Waals surface area (Å²) in [4.78, 5) is 2.46. The molecule has 0 radical (unpaired) electrons. The topological polar surface area (TPSA) is 15.3 Å². The van der Waals surface area contributed by atoms with Gasteiger partial charge in [0, 0.05) is 35.5 Å². The van der Waals surface area contributed by atoms with Gasteiger partial charge in [0.25, 0.3) is 0 Å². The van der Waals surface area contributed by atoms with Crippen molar-refractivity contribution in [2.75, 3.05) is 23.3 Å². The number of para-hydroxylation sites is 1. The number of anilines is 2. The molecule has 0 aromatic heterocycles. The Balaban J connectivity index is 1.62. The molecule has 3 heteroatoms. The molecular formula is C17H19BrN2. The third-order valence-corrected chi connectivity index (χ3v) is 4.46. The van der Waals surface area contributed by atoms with Gasteiger partial charge in [-0.25, -0.2) is 0 Å². The molecule has 1 heterocycles. The van der Waals surface area contributed by atoms with Gasteiger partial charge in [0.15, 0.2) is 0 Å². The normalized spacial score (nSPS) is 14.6. The first-order valence-corrected chi connectivity index (χ1v) is 7.94. The second-order valence-electron chi connectivity index (χ2n) is 5.19. The quantitative estimate of drug-likeness (QED) is 0.876. The van der Waals surface area contributed by atoms with E-state index >= 15 is 0 Å². The Bertz CT molecular complexity index is 559. The smallest absolute Gasteiger partial charge is 0.0487 e. The molecule has 1 aliphatic heterocycles. The predicted octanol–water partition coefficient (Wildman–Crippen LogP) is 4.66. The third-order valence-electron chi connectivity index (χ3n) is 3.76. The molecule has 0 aliphatic carbocycles. The Kier molecular flexibility index (Phi) is 4.26. The van der Waals surface area contributed by atoms with E-state index in [-0.39, 0.29) is 0 Å². The van der Waals surface area contributed by atoms with Crippen molar-refractivity contribution in [2.45, 2.75) is 19.4 Å². The van der Waals surface area contributed by atoms with Gasteiger partial charge in [0.1, 0.15) is 0 Å². The Morgan fingerprint density at radius 2 is 1.65 bits per heavy atom. The van der Waals surface area contributed by atoms with Crippen LogP contribution in [0.25, 0.3) is 0 Å². The molecule has 0 atom stereocenters. The first-order valence-electron chi connectivity index (χ1n) is 7.15. The lowest BCUT2D eigenvalue weighted by molar-refractivity contribution is 0.949. The number of benzene rings is 2. The van der Waals surface area contributed by atoms with E-state index in [0.717, 1.165) is 16.7 Å². The summed E-state index contributed by atoms with van der Waals surface area (Å²) in [6.07, 6.45) is 2.65. The Hall–Kier alpha value is -1.48. The monoisotopic (exact) mass is 330 g/mol. The fourth-order valence-corrected chi connectivity index (χ4v) is 3.03. The van der Waals surface area contributed by atoms with E-state index in [9.17, 15) is 0 Å². The van der Waals surface area contributed by atoms with Crippen molar-refractivity contribution in [3.8, 4) is 0 Å². The van der Waals surface area contributed by atoms with E-state index in [0.29, 0.717) is 0 Å². The summed E-state index contributed by atoms with van der Waals surface area (Å²) in [7, 11) is 0. The van der Waals surface area contributed by atoms with E-state index in [1.165, 1.54) is 37.2 Å². The van der Waals surface area contributed by atoms with E-state index in [1.54, 1.807) is 0 Å². The molecule has 2 aromatic carbocycles. The van der Waals surface area contributed by atoms with Gasteiger partial charge in [-0.2, -0.15) is 0 Å². The van der Waals surface area contributed by atoms with Gasteiger partial charge in [0.05, 0.1) is 0 Å². The highest BCUT2D eigenvalue weighted by molar-refractivity contribution is 9.10. The molecule has 1 aliphatic rings. The second-order valence-corrected chi connectivity index (χ2v) is 6.05. The van der Waals surface area contributed by atoms with Crippen molar-refractivity contribution >= 4 is 27.3 Å². The molecule has 0 amide bonds. The molecule has 1 N–H and O–H groups in total. The molecule has 3 rings (SSSR count). The highest BCUT2D eigenvalue weighted by Crippen LogP contribution is 2.23. The van der Waals surface area contributed by atoms with Gasteiger partial charge in [-0.05, 0) is 58.6 Å². The zero-order valence-electron chi connectivity index (χ0n) is 11.5. The summed E-state index contributed by atoms with van der Waals surface area (Å²) in [5, 5.41) is 3.46. The maximum atomic E-state index is 3.56. The largest absolute Gasteiger partial charge is 0.380 e. The number of hydrogen-bond acceptors (Lipinski definition) is 2. The molecular weight excluding hydrogens is 312 g/mol. The van der Waals surface area contributed by atoms with Crippen molar-refractivity contribution in [3.05, 3.63) is 58.6 Å². The summed E-state index contributed by atoms with van der Waals surface area (Å²) in [5.41, 5.74) is 3.80. The molecule has 104 valence electrons. The molecule has 0 saturated carbocycles. The van der Waals surface area contributed by atoms with Crippen LogP contribution in [-0.2, 0) is 6.54 Å². The Morgan fingerprint density at radius 1 is 0.950 bits per heavy atom. The summed E-state index contributed by atoms with van der Waals surface area (Å²) in [6.45, 7) is 3.26. The Labute approximate surface area is 128 Å². The Morgan fingerprint density at radius 3 is 2.35 bits per heavy atom. The van der Waals surface area contributed by atoms with Gasteiger partial charge in [0.2, 0.25) is 0 Å². The molecule has 0 bridgehead atoms. The lowest BCUT2D eigenvalue weighted by atomic mass is 10.2. The first-order chi connectivity index (χ1) is 9.83. The van der Waals surface area contributed by atoms with Crippen molar-refractivity contribution in [1.82, 2.24) is 0 Å². The van der Waals surface area contributed by atoms with Crippen molar-refractivity contribution in [1.29, 1.82) is 0 Å². The number of rotatable bonds is 4. The first kappa shape index (κ1) is 13.5.